The van der Waals surface area contributed by atoms with Crippen LogP contribution >= 0.6 is 11.3 Å². The molecule has 0 bridgehead atoms. The van der Waals surface area contributed by atoms with E-state index in [1.165, 1.54) is 0 Å². The van der Waals surface area contributed by atoms with Crippen LogP contribution in [-0.4, -0.2) is 23.2 Å². The number of aliphatic hydroxyl groups is 1. The van der Waals surface area contributed by atoms with Crippen molar-refractivity contribution < 1.29 is 5.11 Å². The van der Waals surface area contributed by atoms with E-state index in [4.69, 9.17) is 5.11 Å². The Labute approximate surface area is 89.2 Å². The van der Waals surface area contributed by atoms with Crippen LogP contribution in [0.4, 0.5) is 0 Å². The second kappa shape index (κ2) is 6.11. The van der Waals surface area contributed by atoms with Gasteiger partial charge in [-0.25, -0.2) is 4.98 Å². The fraction of sp³-hybridized carbons (Fsp3) is 0.700. The third-order valence-corrected chi connectivity index (χ3v) is 3.07. The van der Waals surface area contributed by atoms with Crippen molar-refractivity contribution in [1.29, 1.82) is 0 Å². The van der Waals surface area contributed by atoms with Gasteiger partial charge in [-0.15, -0.1) is 11.3 Å². The minimum atomic E-state index is 0.237. The lowest BCUT2D eigenvalue weighted by Crippen LogP contribution is -2.27. The van der Waals surface area contributed by atoms with Crippen molar-refractivity contribution in [2.24, 2.45) is 5.92 Å². The normalized spacial score (nSPS) is 15.4. The Bertz CT molecular complexity index is 238. The molecule has 0 radical (unpaired) electrons. The first-order valence-electron chi connectivity index (χ1n) is 5.01. The molecule has 0 aliphatic carbocycles. The number of thiazole rings is 1. The topological polar surface area (TPSA) is 45.1 Å². The first-order chi connectivity index (χ1) is 6.77. The summed E-state index contributed by atoms with van der Waals surface area (Å²) in [6.07, 6.45) is 2.87. The highest BCUT2D eigenvalue weighted by atomic mass is 32.1. The van der Waals surface area contributed by atoms with E-state index in [9.17, 15) is 0 Å². The second-order valence-corrected chi connectivity index (χ2v) is 4.45. The number of nitrogens with zero attached hydrogens (tertiary/aromatic N) is 1. The van der Waals surface area contributed by atoms with Gasteiger partial charge in [-0.3, -0.25) is 0 Å². The van der Waals surface area contributed by atoms with Gasteiger partial charge in [0, 0.05) is 24.7 Å². The molecule has 0 fully saturated rings. The van der Waals surface area contributed by atoms with Gasteiger partial charge < -0.3 is 10.4 Å². The summed E-state index contributed by atoms with van der Waals surface area (Å²) in [5.74, 6) is 0.309. The summed E-state index contributed by atoms with van der Waals surface area (Å²) in [6.45, 7) is 5.25. The van der Waals surface area contributed by atoms with Crippen LogP contribution in [0.3, 0.4) is 0 Å². The van der Waals surface area contributed by atoms with Gasteiger partial charge in [0.15, 0.2) is 0 Å². The molecule has 1 aromatic heterocycles. The molecule has 1 heterocycles. The maximum Gasteiger partial charge on any atom is 0.109 e. The Morgan fingerprint density at radius 1 is 1.64 bits per heavy atom. The Morgan fingerprint density at radius 2 is 2.43 bits per heavy atom. The van der Waals surface area contributed by atoms with E-state index in [1.807, 2.05) is 18.5 Å². The molecule has 0 aliphatic rings. The Hall–Kier alpha value is -0.450. The van der Waals surface area contributed by atoms with E-state index in [-0.39, 0.29) is 6.61 Å². The highest BCUT2D eigenvalue weighted by molar-refractivity contribution is 7.09. The molecular formula is C10H18N2OS. The fourth-order valence-electron chi connectivity index (χ4n) is 1.22. The van der Waals surface area contributed by atoms with Crippen molar-refractivity contribution in [1.82, 2.24) is 10.3 Å². The third kappa shape index (κ3) is 3.36. The number of nitrogens with one attached hydrogen (secondary N) is 1. The second-order valence-electron chi connectivity index (χ2n) is 3.53. The molecule has 0 amide bonds. The summed E-state index contributed by atoms with van der Waals surface area (Å²) >= 11 is 1.68. The molecule has 4 heteroatoms. The van der Waals surface area contributed by atoms with Crippen molar-refractivity contribution in [3.8, 4) is 0 Å². The SMILES string of the molecule is CCC(NCC(C)CO)c1nccs1. The average molecular weight is 214 g/mol. The largest absolute Gasteiger partial charge is 0.396 e. The van der Waals surface area contributed by atoms with E-state index >= 15 is 0 Å². The zero-order chi connectivity index (χ0) is 10.4. The van der Waals surface area contributed by atoms with Gasteiger partial charge in [0.05, 0.1) is 6.04 Å². The summed E-state index contributed by atoms with van der Waals surface area (Å²) < 4.78 is 0. The molecule has 0 spiro atoms. The maximum absolute atomic E-state index is 8.90. The third-order valence-electron chi connectivity index (χ3n) is 2.18. The summed E-state index contributed by atoms with van der Waals surface area (Å²) in [6, 6.07) is 0.337. The molecule has 2 atom stereocenters. The van der Waals surface area contributed by atoms with Crippen LogP contribution in [0.15, 0.2) is 11.6 Å². The first kappa shape index (κ1) is 11.6. The molecule has 3 nitrogen and oxygen atoms in total. The summed E-state index contributed by atoms with van der Waals surface area (Å²) in [5.41, 5.74) is 0. The standard InChI is InChI=1S/C10H18N2OS/c1-3-9(10-11-4-5-14-10)12-6-8(2)7-13/h4-5,8-9,12-13H,3,6-7H2,1-2H3. The summed E-state index contributed by atoms with van der Waals surface area (Å²) in [4.78, 5) is 4.28. The zero-order valence-corrected chi connectivity index (χ0v) is 9.55. The molecule has 0 aromatic carbocycles. The van der Waals surface area contributed by atoms with Crippen LogP contribution in [0.5, 0.6) is 0 Å². The minimum absolute atomic E-state index is 0.237. The summed E-state index contributed by atoms with van der Waals surface area (Å²) in [5, 5.41) is 15.4. The maximum atomic E-state index is 8.90. The molecule has 0 saturated heterocycles. The Balaban J connectivity index is 2.40. The quantitative estimate of drug-likeness (QED) is 0.759. The van der Waals surface area contributed by atoms with Crippen molar-refractivity contribution in [2.75, 3.05) is 13.2 Å². The molecule has 0 saturated carbocycles. The molecule has 2 unspecified atom stereocenters. The molecule has 1 rings (SSSR count). The van der Waals surface area contributed by atoms with Gasteiger partial charge in [0.2, 0.25) is 0 Å². The van der Waals surface area contributed by atoms with Crippen molar-refractivity contribution in [3.05, 3.63) is 16.6 Å². The molecule has 0 aliphatic heterocycles. The van der Waals surface area contributed by atoms with E-state index in [2.05, 4.69) is 17.2 Å². The molecular weight excluding hydrogens is 196 g/mol. The highest BCUT2D eigenvalue weighted by Gasteiger charge is 2.11. The van der Waals surface area contributed by atoms with Crippen molar-refractivity contribution in [2.45, 2.75) is 26.3 Å². The predicted octanol–water partition coefficient (Wildman–Crippen LogP) is 1.81. The lowest BCUT2D eigenvalue weighted by molar-refractivity contribution is 0.229. The van der Waals surface area contributed by atoms with Crippen molar-refractivity contribution in [3.63, 3.8) is 0 Å². The number of aliphatic hydroxyl groups excluding tert-OH is 1. The Kier molecular flexibility index (Phi) is 5.07. The van der Waals surface area contributed by atoms with Gasteiger partial charge in [-0.05, 0) is 12.3 Å². The average Bonchev–Trinajstić information content (AvgIpc) is 2.72. The smallest absolute Gasteiger partial charge is 0.109 e. The zero-order valence-electron chi connectivity index (χ0n) is 8.73. The monoisotopic (exact) mass is 214 g/mol. The summed E-state index contributed by atoms with van der Waals surface area (Å²) in [7, 11) is 0. The van der Waals surface area contributed by atoms with E-state index < -0.39 is 0 Å². The van der Waals surface area contributed by atoms with Gasteiger partial charge in [0.25, 0.3) is 0 Å². The van der Waals surface area contributed by atoms with Crippen LogP contribution in [-0.2, 0) is 0 Å². The van der Waals surface area contributed by atoms with E-state index in [1.54, 1.807) is 11.3 Å². The minimum Gasteiger partial charge on any atom is -0.396 e. The van der Waals surface area contributed by atoms with E-state index in [0.29, 0.717) is 12.0 Å². The lowest BCUT2D eigenvalue weighted by atomic mass is 10.1. The van der Waals surface area contributed by atoms with Gasteiger partial charge >= 0.3 is 0 Å². The number of hydrogen-bond donors (Lipinski definition) is 2. The molecule has 2 N–H and O–H groups in total. The van der Waals surface area contributed by atoms with Crippen LogP contribution in [0.1, 0.15) is 31.3 Å². The van der Waals surface area contributed by atoms with Crippen LogP contribution in [0, 0.1) is 5.92 Å². The van der Waals surface area contributed by atoms with Crippen LogP contribution in [0.2, 0.25) is 0 Å². The van der Waals surface area contributed by atoms with E-state index in [0.717, 1.165) is 18.0 Å². The van der Waals surface area contributed by atoms with Crippen molar-refractivity contribution >= 4 is 11.3 Å². The molecule has 1 aromatic rings. The van der Waals surface area contributed by atoms with Crippen LogP contribution < -0.4 is 5.32 Å². The van der Waals surface area contributed by atoms with Gasteiger partial charge in [0.1, 0.15) is 5.01 Å². The Morgan fingerprint density at radius 3 is 2.93 bits per heavy atom. The lowest BCUT2D eigenvalue weighted by Gasteiger charge is -2.16. The molecule has 14 heavy (non-hydrogen) atoms. The first-order valence-corrected chi connectivity index (χ1v) is 5.89. The number of aromatic nitrogens is 1. The van der Waals surface area contributed by atoms with Gasteiger partial charge in [-0.1, -0.05) is 13.8 Å². The number of hydrogen-bond acceptors (Lipinski definition) is 4. The number of rotatable bonds is 6. The molecule has 80 valence electrons. The van der Waals surface area contributed by atoms with Gasteiger partial charge in [-0.2, -0.15) is 0 Å². The fourth-order valence-corrected chi connectivity index (χ4v) is 2.02. The predicted molar refractivity (Wildman–Crippen MR) is 59.4 cm³/mol. The van der Waals surface area contributed by atoms with Crippen LogP contribution in [0.25, 0.3) is 0 Å². The highest BCUT2D eigenvalue weighted by Crippen LogP contribution is 2.18.